The number of hydrogen-bond donors (Lipinski definition) is 1. The van der Waals surface area contributed by atoms with Gasteiger partial charge in [0, 0.05) is 30.9 Å². The van der Waals surface area contributed by atoms with Gasteiger partial charge in [-0.15, -0.1) is 5.10 Å². The first-order chi connectivity index (χ1) is 14.1. The molecule has 2 aliphatic rings. The van der Waals surface area contributed by atoms with Gasteiger partial charge < -0.3 is 4.90 Å². The molecule has 0 spiro atoms. The number of imide groups is 1. The van der Waals surface area contributed by atoms with Crippen molar-refractivity contribution in [1.82, 2.24) is 35.2 Å². The molecule has 1 atom stereocenters. The molecule has 3 amide bonds. The quantitative estimate of drug-likeness (QED) is 0.647. The Hall–Kier alpha value is -3.95. The maximum atomic E-state index is 12.9. The lowest BCUT2D eigenvalue weighted by molar-refractivity contribution is -0.136. The molecule has 0 aliphatic carbocycles. The predicted molar refractivity (Wildman–Crippen MR) is 98.4 cm³/mol. The Kier molecular flexibility index (Phi) is 3.90. The Balaban J connectivity index is 1.42. The van der Waals surface area contributed by atoms with Gasteiger partial charge in [-0.25, -0.2) is 14.6 Å². The van der Waals surface area contributed by atoms with E-state index < -0.39 is 11.9 Å². The van der Waals surface area contributed by atoms with E-state index in [4.69, 9.17) is 0 Å². The smallest absolute Gasteiger partial charge is 0.255 e. The number of aromatic nitrogens is 5. The number of amides is 3. The molecule has 1 aromatic carbocycles. The SMILES string of the molecule is O=C1CCC(N2Cc3ccc(-n4cc(-c5ncccn5)nn4)cc3C2=O)C(=O)N1. The molecule has 10 nitrogen and oxygen atoms in total. The summed E-state index contributed by atoms with van der Waals surface area (Å²) >= 11 is 0. The minimum Gasteiger partial charge on any atom is -0.322 e. The van der Waals surface area contributed by atoms with Gasteiger partial charge in [0.15, 0.2) is 11.5 Å². The fourth-order valence-electron chi connectivity index (χ4n) is 3.61. The number of rotatable bonds is 3. The summed E-state index contributed by atoms with van der Waals surface area (Å²) in [5, 5.41) is 10.5. The molecule has 1 saturated heterocycles. The molecule has 2 aromatic heterocycles. The zero-order valence-electron chi connectivity index (χ0n) is 15.1. The number of hydrogen-bond acceptors (Lipinski definition) is 7. The second-order valence-corrected chi connectivity index (χ2v) is 6.86. The topological polar surface area (TPSA) is 123 Å². The standard InChI is InChI=1S/C19H15N7O3/c27-16-5-4-15(18(28)22-16)25-9-11-2-3-12(8-13(11)19(25)29)26-10-14(23-24-26)17-20-6-1-7-21-17/h1-3,6-8,10,15H,4-5,9H2,(H,22,27,28). The molecule has 0 saturated carbocycles. The Bertz CT molecular complexity index is 1140. The van der Waals surface area contributed by atoms with Gasteiger partial charge in [0.05, 0.1) is 11.9 Å². The monoisotopic (exact) mass is 389 g/mol. The van der Waals surface area contributed by atoms with Crippen LogP contribution in [0.3, 0.4) is 0 Å². The molecule has 10 heteroatoms. The number of carbonyl (C=O) groups is 3. The molecule has 3 aromatic rings. The highest BCUT2D eigenvalue weighted by atomic mass is 16.2. The highest BCUT2D eigenvalue weighted by Crippen LogP contribution is 2.29. The number of nitrogens with zero attached hydrogens (tertiary/aromatic N) is 6. The second-order valence-electron chi connectivity index (χ2n) is 6.86. The van der Waals surface area contributed by atoms with Crippen molar-refractivity contribution in [3.63, 3.8) is 0 Å². The summed E-state index contributed by atoms with van der Waals surface area (Å²) in [4.78, 5) is 46.3. The van der Waals surface area contributed by atoms with Gasteiger partial charge >= 0.3 is 0 Å². The van der Waals surface area contributed by atoms with Crippen LogP contribution in [-0.2, 0) is 16.1 Å². The lowest BCUT2D eigenvalue weighted by atomic mass is 10.0. The molecule has 1 N–H and O–H groups in total. The molecule has 4 heterocycles. The fraction of sp³-hybridized carbons (Fsp3) is 0.211. The Morgan fingerprint density at radius 1 is 1.10 bits per heavy atom. The maximum absolute atomic E-state index is 12.9. The van der Waals surface area contributed by atoms with Crippen LogP contribution in [0.15, 0.2) is 42.9 Å². The molecule has 0 bridgehead atoms. The van der Waals surface area contributed by atoms with Crippen LogP contribution in [0, 0.1) is 0 Å². The van der Waals surface area contributed by atoms with E-state index in [0.29, 0.717) is 35.7 Å². The van der Waals surface area contributed by atoms with Crippen molar-refractivity contribution < 1.29 is 14.4 Å². The molecule has 144 valence electrons. The van der Waals surface area contributed by atoms with Crippen molar-refractivity contribution in [2.45, 2.75) is 25.4 Å². The van der Waals surface area contributed by atoms with Gasteiger partial charge in [-0.3, -0.25) is 19.7 Å². The highest BCUT2D eigenvalue weighted by molar-refractivity contribution is 6.05. The summed E-state index contributed by atoms with van der Waals surface area (Å²) in [7, 11) is 0. The summed E-state index contributed by atoms with van der Waals surface area (Å²) in [6.45, 7) is 0.335. The zero-order chi connectivity index (χ0) is 20.0. The molecule has 1 unspecified atom stereocenters. The van der Waals surface area contributed by atoms with Crippen LogP contribution in [0.4, 0.5) is 0 Å². The Morgan fingerprint density at radius 3 is 2.72 bits per heavy atom. The largest absolute Gasteiger partial charge is 0.322 e. The van der Waals surface area contributed by atoms with Crippen molar-refractivity contribution >= 4 is 17.7 Å². The van der Waals surface area contributed by atoms with Gasteiger partial charge in [-0.05, 0) is 30.2 Å². The van der Waals surface area contributed by atoms with Gasteiger partial charge in [0.1, 0.15) is 6.04 Å². The third-order valence-electron chi connectivity index (χ3n) is 5.06. The number of carbonyl (C=O) groups excluding carboxylic acids is 3. The van der Waals surface area contributed by atoms with E-state index in [-0.39, 0.29) is 18.2 Å². The first-order valence-electron chi connectivity index (χ1n) is 9.08. The van der Waals surface area contributed by atoms with Crippen LogP contribution < -0.4 is 5.32 Å². The Morgan fingerprint density at radius 2 is 1.93 bits per heavy atom. The molecule has 29 heavy (non-hydrogen) atoms. The van der Waals surface area contributed by atoms with E-state index in [9.17, 15) is 14.4 Å². The van der Waals surface area contributed by atoms with Crippen molar-refractivity contribution in [2.75, 3.05) is 0 Å². The predicted octanol–water partition coefficient (Wildman–Crippen LogP) is 0.485. The summed E-state index contributed by atoms with van der Waals surface area (Å²) in [5.74, 6) is -0.503. The van der Waals surface area contributed by atoms with Crippen LogP contribution in [0.5, 0.6) is 0 Å². The molecular weight excluding hydrogens is 374 g/mol. The van der Waals surface area contributed by atoms with E-state index in [1.165, 1.54) is 4.90 Å². The summed E-state index contributed by atoms with van der Waals surface area (Å²) in [6.07, 6.45) is 5.50. The Labute approximate surface area is 164 Å². The average molecular weight is 389 g/mol. The first-order valence-corrected chi connectivity index (χ1v) is 9.08. The normalized spacial score (nSPS) is 18.7. The molecular formula is C19H15N7O3. The lowest BCUT2D eigenvalue weighted by Crippen LogP contribution is -2.52. The first kappa shape index (κ1) is 17.2. The van der Waals surface area contributed by atoms with Crippen LogP contribution in [0.1, 0.15) is 28.8 Å². The van der Waals surface area contributed by atoms with Crippen molar-refractivity contribution in [2.24, 2.45) is 0 Å². The minimum absolute atomic E-state index is 0.227. The van der Waals surface area contributed by atoms with Crippen molar-refractivity contribution in [3.8, 4) is 17.2 Å². The minimum atomic E-state index is -0.635. The molecule has 0 radical (unpaired) electrons. The number of piperidine rings is 1. The molecule has 2 aliphatic heterocycles. The second kappa shape index (κ2) is 6.59. The van der Waals surface area contributed by atoms with Gasteiger partial charge in [0.25, 0.3) is 5.91 Å². The fourth-order valence-corrected chi connectivity index (χ4v) is 3.61. The van der Waals surface area contributed by atoms with E-state index in [2.05, 4.69) is 25.6 Å². The summed E-state index contributed by atoms with van der Waals surface area (Å²) in [6, 6.07) is 6.49. The number of nitrogens with one attached hydrogen (secondary N) is 1. The number of benzene rings is 1. The van der Waals surface area contributed by atoms with Crippen molar-refractivity contribution in [1.29, 1.82) is 0 Å². The van der Waals surface area contributed by atoms with Crippen LogP contribution >= 0.6 is 0 Å². The zero-order valence-corrected chi connectivity index (χ0v) is 15.1. The maximum Gasteiger partial charge on any atom is 0.255 e. The van der Waals surface area contributed by atoms with Gasteiger partial charge in [0.2, 0.25) is 11.8 Å². The van der Waals surface area contributed by atoms with E-state index in [1.54, 1.807) is 35.4 Å². The lowest BCUT2D eigenvalue weighted by Gasteiger charge is -2.29. The van der Waals surface area contributed by atoms with Gasteiger partial charge in [-0.1, -0.05) is 11.3 Å². The van der Waals surface area contributed by atoms with E-state index >= 15 is 0 Å². The van der Waals surface area contributed by atoms with Gasteiger partial charge in [-0.2, -0.15) is 0 Å². The van der Waals surface area contributed by atoms with Crippen LogP contribution in [0.25, 0.3) is 17.2 Å². The van der Waals surface area contributed by atoms with Crippen molar-refractivity contribution in [3.05, 3.63) is 54.0 Å². The third kappa shape index (κ3) is 2.94. The van der Waals surface area contributed by atoms with Crippen LogP contribution in [-0.4, -0.2) is 53.6 Å². The number of fused-ring (bicyclic) bond motifs is 1. The average Bonchev–Trinajstić information content (AvgIpc) is 3.34. The van der Waals surface area contributed by atoms with E-state index in [0.717, 1.165) is 5.56 Å². The molecule has 1 fully saturated rings. The highest BCUT2D eigenvalue weighted by Gasteiger charge is 2.39. The van der Waals surface area contributed by atoms with Crippen LogP contribution in [0.2, 0.25) is 0 Å². The summed E-state index contributed by atoms with van der Waals surface area (Å²) in [5.41, 5.74) is 2.52. The molecule has 5 rings (SSSR count). The summed E-state index contributed by atoms with van der Waals surface area (Å²) < 4.78 is 1.55. The van der Waals surface area contributed by atoms with E-state index in [1.807, 2.05) is 12.1 Å². The third-order valence-corrected chi connectivity index (χ3v) is 5.06.